The number of aryl methyl sites for hydroxylation is 1. The van der Waals surface area contributed by atoms with Gasteiger partial charge in [-0.05, 0) is 36.2 Å². The molecule has 43 heavy (non-hydrogen) atoms. The van der Waals surface area contributed by atoms with E-state index in [9.17, 15) is 36.3 Å². The molecule has 4 aromatic rings. The van der Waals surface area contributed by atoms with Gasteiger partial charge in [0.05, 0.1) is 17.0 Å². The van der Waals surface area contributed by atoms with Crippen molar-refractivity contribution in [3.05, 3.63) is 90.1 Å². The predicted molar refractivity (Wildman–Crippen MR) is 147 cm³/mol. The van der Waals surface area contributed by atoms with Gasteiger partial charge in [0.1, 0.15) is 6.04 Å². The van der Waals surface area contributed by atoms with Crippen LogP contribution in [-0.4, -0.2) is 63.9 Å². The maximum atomic E-state index is 13.6. The highest BCUT2D eigenvalue weighted by atomic mass is 32.2. The van der Waals surface area contributed by atoms with Crippen molar-refractivity contribution in [1.82, 2.24) is 3.97 Å². The van der Waals surface area contributed by atoms with Crippen LogP contribution >= 0.6 is 0 Å². The zero-order valence-corrected chi connectivity index (χ0v) is 23.0. The molecule has 228 valence electrons. The third-order valence-corrected chi connectivity index (χ3v) is 7.71. The summed E-state index contributed by atoms with van der Waals surface area (Å²) in [6.45, 7) is 1.58. The molecule has 1 heterocycles. The molecule has 0 saturated heterocycles. The summed E-state index contributed by atoms with van der Waals surface area (Å²) in [5, 5.41) is 26.2. The number of ether oxygens (including phenoxy) is 1. The molecule has 11 nitrogen and oxygen atoms in total. The maximum Gasteiger partial charge on any atom is 0.490 e. The summed E-state index contributed by atoms with van der Waals surface area (Å²) in [4.78, 5) is 31.6. The fraction of sp³-hybridized carbons (Fsp3) is 0.179. The topological polar surface area (TPSA) is 186 Å². The lowest BCUT2D eigenvalue weighted by Crippen LogP contribution is -2.47. The van der Waals surface area contributed by atoms with E-state index in [1.165, 1.54) is 16.1 Å². The summed E-state index contributed by atoms with van der Waals surface area (Å²) in [5.41, 5.74) is 8.71. The van der Waals surface area contributed by atoms with Gasteiger partial charge in [0.25, 0.3) is 10.0 Å². The Balaban J connectivity index is 0.000000646. The van der Waals surface area contributed by atoms with Gasteiger partial charge in [-0.2, -0.15) is 13.2 Å². The summed E-state index contributed by atoms with van der Waals surface area (Å²) in [6.07, 6.45) is -5.30. The van der Waals surface area contributed by atoms with E-state index < -0.39 is 46.3 Å². The van der Waals surface area contributed by atoms with Gasteiger partial charge in [-0.1, -0.05) is 60.2 Å². The highest BCUT2D eigenvalue weighted by Crippen LogP contribution is 2.34. The van der Waals surface area contributed by atoms with Crippen LogP contribution in [0.15, 0.2) is 83.9 Å². The normalized spacial score (nSPS) is 13.0. The van der Waals surface area contributed by atoms with Gasteiger partial charge in [-0.25, -0.2) is 22.0 Å². The Hall–Kier alpha value is -4.73. The number of halogens is 3. The standard InChI is InChI=1S/C26H24N2O7S.C2HF3O2/c1-16-7-10-19(11-8-16)36(33,34)28-14-21(18-5-3-2-4-6-18)20-12-9-17(13-22(20)28)15-35-24(26(31)32)23(27)25(29)30;3-2(4,5)1(6)7/h2-14,23-24H,15,27H2,1H3,(H,29,30)(H,31,32);(H,6,7)/t23-,24-;/m0./s1. The quantitative estimate of drug-likeness (QED) is 0.214. The van der Waals surface area contributed by atoms with Crippen LogP contribution in [0.5, 0.6) is 0 Å². The van der Waals surface area contributed by atoms with Crippen LogP contribution < -0.4 is 5.73 Å². The minimum Gasteiger partial charge on any atom is -0.480 e. The van der Waals surface area contributed by atoms with Crippen molar-refractivity contribution in [2.45, 2.75) is 36.7 Å². The number of hydrogen-bond acceptors (Lipinski definition) is 7. The second kappa shape index (κ2) is 13.1. The van der Waals surface area contributed by atoms with Crippen LogP contribution in [0.1, 0.15) is 11.1 Å². The van der Waals surface area contributed by atoms with Gasteiger partial charge in [-0.3, -0.25) is 4.79 Å². The van der Waals surface area contributed by atoms with Crippen molar-refractivity contribution in [3.63, 3.8) is 0 Å². The number of aliphatic carboxylic acids is 3. The van der Waals surface area contributed by atoms with Gasteiger partial charge in [0, 0.05) is 17.1 Å². The Kier molecular flexibility index (Phi) is 9.96. The summed E-state index contributed by atoms with van der Waals surface area (Å²) in [6, 6.07) is 19.0. The van der Waals surface area contributed by atoms with Crippen molar-refractivity contribution in [1.29, 1.82) is 0 Å². The monoisotopic (exact) mass is 622 g/mol. The molecular formula is C28H25F3N2O9S. The van der Waals surface area contributed by atoms with Crippen LogP contribution in [0.25, 0.3) is 22.0 Å². The summed E-state index contributed by atoms with van der Waals surface area (Å²) in [7, 11) is -3.97. The Bertz CT molecular complexity index is 1740. The minimum atomic E-state index is -5.08. The Morgan fingerprint density at radius 1 is 0.930 bits per heavy atom. The molecule has 2 atom stereocenters. The van der Waals surface area contributed by atoms with Crippen molar-refractivity contribution in [2.75, 3.05) is 0 Å². The van der Waals surface area contributed by atoms with Crippen molar-refractivity contribution < 1.29 is 56.0 Å². The first-order valence-corrected chi connectivity index (χ1v) is 13.6. The van der Waals surface area contributed by atoms with E-state index in [1.54, 1.807) is 36.5 Å². The number of fused-ring (bicyclic) bond motifs is 1. The highest BCUT2D eigenvalue weighted by Gasteiger charge is 2.38. The molecule has 0 saturated carbocycles. The van der Waals surface area contributed by atoms with E-state index in [2.05, 4.69) is 0 Å². The third-order valence-electron chi connectivity index (χ3n) is 6.03. The first-order chi connectivity index (χ1) is 20.0. The molecule has 5 N–H and O–H groups in total. The number of hydrogen-bond donors (Lipinski definition) is 4. The lowest BCUT2D eigenvalue weighted by molar-refractivity contribution is -0.192. The van der Waals surface area contributed by atoms with Crippen molar-refractivity contribution in [3.8, 4) is 11.1 Å². The number of rotatable bonds is 9. The molecule has 15 heteroatoms. The number of carbonyl (C=O) groups is 3. The fourth-order valence-corrected chi connectivity index (χ4v) is 5.21. The molecule has 0 aliphatic heterocycles. The SMILES string of the molecule is Cc1ccc(S(=O)(=O)n2cc(-c3ccccc3)c3ccc(CO[C@H](C(=O)O)[C@H](N)C(=O)O)cc32)cc1.O=C(O)C(F)(F)F. The van der Waals surface area contributed by atoms with Gasteiger partial charge in [0.2, 0.25) is 0 Å². The highest BCUT2D eigenvalue weighted by molar-refractivity contribution is 7.90. The van der Waals surface area contributed by atoms with Crippen molar-refractivity contribution in [2.24, 2.45) is 5.73 Å². The fourth-order valence-electron chi connectivity index (χ4n) is 3.85. The average molecular weight is 623 g/mol. The van der Waals surface area contributed by atoms with Gasteiger partial charge >= 0.3 is 24.1 Å². The number of nitrogens with two attached hydrogens (primary N) is 1. The van der Waals surface area contributed by atoms with E-state index in [0.29, 0.717) is 22.0 Å². The lowest BCUT2D eigenvalue weighted by Gasteiger charge is -2.17. The first kappa shape index (κ1) is 32.8. The minimum absolute atomic E-state index is 0.115. The van der Waals surface area contributed by atoms with Crippen LogP contribution in [0.3, 0.4) is 0 Å². The summed E-state index contributed by atoms with van der Waals surface area (Å²) in [5.74, 6) is -5.78. The third kappa shape index (κ3) is 7.77. The smallest absolute Gasteiger partial charge is 0.480 e. The first-order valence-electron chi connectivity index (χ1n) is 12.2. The average Bonchev–Trinajstić information content (AvgIpc) is 3.33. The zero-order chi connectivity index (χ0) is 32.1. The molecule has 0 spiro atoms. The number of aromatic nitrogens is 1. The summed E-state index contributed by atoms with van der Waals surface area (Å²) < 4.78 is 65.5. The Labute approximate surface area is 242 Å². The van der Waals surface area contributed by atoms with Crippen LogP contribution in [-0.2, 0) is 35.8 Å². The van der Waals surface area contributed by atoms with Crippen LogP contribution in [0, 0.1) is 6.92 Å². The van der Waals surface area contributed by atoms with Gasteiger partial charge in [-0.15, -0.1) is 0 Å². The largest absolute Gasteiger partial charge is 0.490 e. The number of carboxylic acid groups (broad SMARTS) is 3. The van der Waals surface area contributed by atoms with E-state index in [4.69, 9.17) is 25.5 Å². The molecule has 0 radical (unpaired) electrons. The number of benzene rings is 3. The molecular weight excluding hydrogens is 597 g/mol. The van der Waals surface area contributed by atoms with Crippen molar-refractivity contribution >= 4 is 38.8 Å². The molecule has 0 fully saturated rings. The molecule has 3 aromatic carbocycles. The number of alkyl halides is 3. The second-order valence-electron chi connectivity index (χ2n) is 9.11. The van der Waals surface area contributed by atoms with E-state index in [0.717, 1.165) is 11.1 Å². The Morgan fingerprint density at radius 2 is 1.51 bits per heavy atom. The zero-order valence-electron chi connectivity index (χ0n) is 22.2. The molecule has 0 amide bonds. The molecule has 4 rings (SSSR count). The Morgan fingerprint density at radius 3 is 2.02 bits per heavy atom. The number of carboxylic acids is 3. The van der Waals surface area contributed by atoms with E-state index >= 15 is 0 Å². The maximum absolute atomic E-state index is 13.6. The van der Waals surface area contributed by atoms with E-state index in [1.807, 2.05) is 37.3 Å². The molecule has 0 aliphatic rings. The van der Waals surface area contributed by atoms with Crippen LogP contribution in [0.4, 0.5) is 13.2 Å². The molecule has 1 aromatic heterocycles. The summed E-state index contributed by atoms with van der Waals surface area (Å²) >= 11 is 0. The number of nitrogens with zero attached hydrogens (tertiary/aromatic N) is 1. The van der Waals surface area contributed by atoms with Crippen LogP contribution in [0.2, 0.25) is 0 Å². The van der Waals surface area contributed by atoms with Gasteiger partial charge in [0.15, 0.2) is 6.10 Å². The molecule has 0 aliphatic carbocycles. The second-order valence-corrected chi connectivity index (χ2v) is 10.9. The van der Waals surface area contributed by atoms with E-state index in [-0.39, 0.29) is 11.5 Å². The predicted octanol–water partition coefficient (Wildman–Crippen LogP) is 3.87. The molecule has 0 unspecified atom stereocenters. The lowest BCUT2D eigenvalue weighted by atomic mass is 10.0. The van der Waals surface area contributed by atoms with Gasteiger partial charge < -0.3 is 25.8 Å². The molecule has 0 bridgehead atoms.